The van der Waals surface area contributed by atoms with Crippen molar-refractivity contribution in [2.24, 2.45) is 5.92 Å². The molecule has 0 aromatic heterocycles. The van der Waals surface area contributed by atoms with Gasteiger partial charge in [0.1, 0.15) is 0 Å². The molecule has 0 aromatic carbocycles. The Morgan fingerprint density at radius 1 is 1.75 bits per heavy atom. The SMILES string of the molecule is CC(C)/C(S)=C/NCl. The van der Waals surface area contributed by atoms with Crippen LogP contribution in [0.4, 0.5) is 0 Å². The van der Waals surface area contributed by atoms with Gasteiger partial charge in [-0.25, -0.2) is 0 Å². The van der Waals surface area contributed by atoms with Crippen molar-refractivity contribution in [3.05, 3.63) is 11.1 Å². The van der Waals surface area contributed by atoms with E-state index in [1.807, 2.05) is 13.8 Å². The Bertz CT molecular complexity index is 90.4. The zero-order chi connectivity index (χ0) is 6.57. The van der Waals surface area contributed by atoms with Gasteiger partial charge in [0.25, 0.3) is 0 Å². The van der Waals surface area contributed by atoms with Gasteiger partial charge >= 0.3 is 0 Å². The highest BCUT2D eigenvalue weighted by atomic mass is 35.5. The van der Waals surface area contributed by atoms with Crippen molar-refractivity contribution >= 4 is 24.4 Å². The van der Waals surface area contributed by atoms with Crippen LogP contribution in [0.15, 0.2) is 11.1 Å². The summed E-state index contributed by atoms with van der Waals surface area (Å²) >= 11 is 9.28. The molecule has 1 nitrogen and oxygen atoms in total. The Morgan fingerprint density at radius 3 is 2.38 bits per heavy atom. The van der Waals surface area contributed by atoms with Crippen molar-refractivity contribution in [1.29, 1.82) is 0 Å². The highest BCUT2D eigenvalue weighted by Crippen LogP contribution is 2.11. The second-order valence-electron chi connectivity index (χ2n) is 1.83. The van der Waals surface area contributed by atoms with Crippen LogP contribution in [0.2, 0.25) is 0 Å². The summed E-state index contributed by atoms with van der Waals surface area (Å²) < 4.78 is 0. The van der Waals surface area contributed by atoms with E-state index in [0.29, 0.717) is 5.92 Å². The molecule has 8 heavy (non-hydrogen) atoms. The lowest BCUT2D eigenvalue weighted by atomic mass is 10.2. The van der Waals surface area contributed by atoms with E-state index in [9.17, 15) is 0 Å². The number of allylic oxidation sites excluding steroid dienone is 1. The van der Waals surface area contributed by atoms with Gasteiger partial charge in [0.2, 0.25) is 0 Å². The van der Waals surface area contributed by atoms with E-state index < -0.39 is 0 Å². The lowest BCUT2D eigenvalue weighted by Gasteiger charge is -2.00. The minimum absolute atomic E-state index is 0.449. The first kappa shape index (κ1) is 8.18. The largest absolute Gasteiger partial charge is 0.305 e. The summed E-state index contributed by atoms with van der Waals surface area (Å²) in [6, 6.07) is 0. The first-order chi connectivity index (χ1) is 3.68. The minimum Gasteiger partial charge on any atom is -0.305 e. The van der Waals surface area contributed by atoms with Crippen LogP contribution in [0, 0.1) is 5.92 Å². The van der Waals surface area contributed by atoms with Crippen molar-refractivity contribution in [2.75, 3.05) is 0 Å². The van der Waals surface area contributed by atoms with E-state index in [0.717, 1.165) is 4.91 Å². The van der Waals surface area contributed by atoms with E-state index in [1.54, 1.807) is 6.20 Å². The van der Waals surface area contributed by atoms with E-state index in [4.69, 9.17) is 11.8 Å². The fourth-order valence-electron chi connectivity index (χ4n) is 0.223. The summed E-state index contributed by atoms with van der Waals surface area (Å²) in [5.41, 5.74) is 0. The Balaban J connectivity index is 3.61. The number of hydrogen-bond donors (Lipinski definition) is 2. The molecule has 0 atom stereocenters. The highest BCUT2D eigenvalue weighted by Gasteiger charge is 1.93. The van der Waals surface area contributed by atoms with Crippen LogP contribution < -0.4 is 4.84 Å². The molecule has 0 radical (unpaired) electrons. The quantitative estimate of drug-likeness (QED) is 0.456. The molecule has 0 saturated heterocycles. The van der Waals surface area contributed by atoms with Crippen molar-refractivity contribution in [1.82, 2.24) is 4.84 Å². The molecule has 0 fully saturated rings. The lowest BCUT2D eigenvalue weighted by molar-refractivity contribution is 0.813. The predicted molar refractivity (Wildman–Crippen MR) is 40.9 cm³/mol. The van der Waals surface area contributed by atoms with Crippen molar-refractivity contribution < 1.29 is 0 Å². The van der Waals surface area contributed by atoms with E-state index >= 15 is 0 Å². The van der Waals surface area contributed by atoms with Gasteiger partial charge in [-0.1, -0.05) is 13.8 Å². The standard InChI is InChI=1S/C5H10ClNS/c1-4(2)5(8)3-7-6/h3-4,7-8H,1-2H3/b5-3-. The van der Waals surface area contributed by atoms with E-state index in [-0.39, 0.29) is 0 Å². The Kier molecular flexibility index (Phi) is 4.19. The zero-order valence-corrected chi connectivity index (χ0v) is 6.63. The molecule has 0 unspecified atom stereocenters. The second-order valence-corrected chi connectivity index (χ2v) is 2.57. The average Bonchev–Trinajstić information content (AvgIpc) is 1.67. The van der Waals surface area contributed by atoms with Crippen LogP contribution in [0.1, 0.15) is 13.8 Å². The highest BCUT2D eigenvalue weighted by molar-refractivity contribution is 7.84. The van der Waals surface area contributed by atoms with Crippen LogP contribution in [0.3, 0.4) is 0 Å². The summed E-state index contributed by atoms with van der Waals surface area (Å²) in [4.78, 5) is 3.34. The Hall–Kier alpha value is 0.180. The van der Waals surface area contributed by atoms with Crippen molar-refractivity contribution in [2.45, 2.75) is 13.8 Å². The molecular formula is C5H10ClNS. The van der Waals surface area contributed by atoms with Crippen LogP contribution in [-0.2, 0) is 0 Å². The molecule has 0 saturated carbocycles. The third-order valence-corrected chi connectivity index (χ3v) is 1.55. The fourth-order valence-corrected chi connectivity index (χ4v) is 0.481. The maximum absolute atomic E-state index is 5.17. The summed E-state index contributed by atoms with van der Waals surface area (Å²) in [6.07, 6.45) is 1.66. The summed E-state index contributed by atoms with van der Waals surface area (Å²) in [7, 11) is 0. The van der Waals surface area contributed by atoms with E-state index in [1.165, 1.54) is 0 Å². The maximum Gasteiger partial charge on any atom is 0.0224 e. The number of thiol groups is 1. The van der Waals surface area contributed by atoms with Gasteiger partial charge < -0.3 is 4.84 Å². The zero-order valence-electron chi connectivity index (χ0n) is 4.98. The van der Waals surface area contributed by atoms with Gasteiger partial charge in [-0.2, -0.15) is 0 Å². The minimum atomic E-state index is 0.449. The molecule has 0 aromatic rings. The summed E-state index contributed by atoms with van der Waals surface area (Å²) in [5.74, 6) is 0.449. The molecule has 0 aliphatic rings. The number of halogens is 1. The smallest absolute Gasteiger partial charge is 0.0224 e. The molecular weight excluding hydrogens is 142 g/mol. The third kappa shape index (κ3) is 3.22. The molecule has 48 valence electrons. The molecule has 0 rings (SSSR count). The monoisotopic (exact) mass is 151 g/mol. The van der Waals surface area contributed by atoms with E-state index in [2.05, 4.69) is 17.5 Å². The lowest BCUT2D eigenvalue weighted by Crippen LogP contribution is -1.91. The Labute approximate surface area is 60.6 Å². The van der Waals surface area contributed by atoms with Crippen LogP contribution >= 0.6 is 24.4 Å². The predicted octanol–water partition coefficient (Wildman–Crippen LogP) is 2.16. The molecule has 0 heterocycles. The molecule has 0 aliphatic heterocycles. The summed E-state index contributed by atoms with van der Waals surface area (Å²) in [6.45, 7) is 4.10. The average molecular weight is 152 g/mol. The molecule has 0 spiro atoms. The van der Waals surface area contributed by atoms with Gasteiger partial charge in [0, 0.05) is 22.9 Å². The Morgan fingerprint density at radius 2 is 2.25 bits per heavy atom. The normalized spacial score (nSPS) is 12.4. The first-order valence-corrected chi connectivity index (χ1v) is 3.26. The van der Waals surface area contributed by atoms with Crippen LogP contribution in [-0.4, -0.2) is 0 Å². The second kappa shape index (κ2) is 4.10. The molecule has 1 N–H and O–H groups in total. The maximum atomic E-state index is 5.17. The summed E-state index contributed by atoms with van der Waals surface area (Å²) in [5, 5.41) is 0. The third-order valence-electron chi connectivity index (χ3n) is 0.794. The van der Waals surface area contributed by atoms with Gasteiger partial charge in [0.05, 0.1) is 0 Å². The first-order valence-electron chi connectivity index (χ1n) is 2.43. The molecule has 0 aliphatic carbocycles. The van der Waals surface area contributed by atoms with Crippen molar-refractivity contribution in [3.8, 4) is 0 Å². The van der Waals surface area contributed by atoms with Crippen LogP contribution in [0.5, 0.6) is 0 Å². The van der Waals surface area contributed by atoms with Gasteiger partial charge in [0.15, 0.2) is 0 Å². The van der Waals surface area contributed by atoms with Gasteiger partial charge in [-0.05, 0) is 5.92 Å². The van der Waals surface area contributed by atoms with Gasteiger partial charge in [-0.3, -0.25) is 0 Å². The fraction of sp³-hybridized carbons (Fsp3) is 0.600. The van der Waals surface area contributed by atoms with Crippen molar-refractivity contribution in [3.63, 3.8) is 0 Å². The number of rotatable bonds is 2. The van der Waals surface area contributed by atoms with Crippen LogP contribution in [0.25, 0.3) is 0 Å². The number of hydrogen-bond acceptors (Lipinski definition) is 2. The molecule has 0 amide bonds. The number of nitrogens with one attached hydrogen (secondary N) is 1. The molecule has 0 bridgehead atoms. The van der Waals surface area contributed by atoms with Gasteiger partial charge in [-0.15, -0.1) is 12.6 Å². The topological polar surface area (TPSA) is 12.0 Å². The molecule has 3 heteroatoms.